The largest absolute Gasteiger partial charge is 0.378 e. The number of hydrogen-bond donors (Lipinski definition) is 1. The van der Waals surface area contributed by atoms with Gasteiger partial charge in [-0.3, -0.25) is 4.79 Å². The molecule has 4 nitrogen and oxygen atoms in total. The van der Waals surface area contributed by atoms with Gasteiger partial charge in [0, 0.05) is 32.9 Å². The molecule has 1 aromatic rings. The van der Waals surface area contributed by atoms with Crippen molar-refractivity contribution >= 4 is 11.6 Å². The molecule has 126 valence electrons. The van der Waals surface area contributed by atoms with Crippen molar-refractivity contribution in [2.75, 3.05) is 45.2 Å². The molecule has 1 saturated carbocycles. The molecule has 1 saturated heterocycles. The molecule has 4 heteroatoms. The summed E-state index contributed by atoms with van der Waals surface area (Å²) in [6, 6.07) is 8.45. The van der Waals surface area contributed by atoms with Gasteiger partial charge in [0.2, 0.25) is 5.91 Å². The Balaban J connectivity index is 1.53. The Morgan fingerprint density at radius 1 is 1.13 bits per heavy atom. The number of likely N-dealkylation sites (tertiary alicyclic amines) is 1. The van der Waals surface area contributed by atoms with Crippen LogP contribution >= 0.6 is 0 Å². The van der Waals surface area contributed by atoms with E-state index >= 15 is 0 Å². The second kappa shape index (κ2) is 6.91. The number of benzene rings is 1. The summed E-state index contributed by atoms with van der Waals surface area (Å²) in [6.45, 7) is 4.14. The van der Waals surface area contributed by atoms with Gasteiger partial charge in [-0.1, -0.05) is 18.6 Å². The van der Waals surface area contributed by atoms with E-state index in [0.29, 0.717) is 0 Å². The SMILES string of the molecule is CN(C)c1ccc(C2(C(=O)NCCN3CCCCC3)CC2)cc1. The highest BCUT2D eigenvalue weighted by Gasteiger charge is 2.51. The summed E-state index contributed by atoms with van der Waals surface area (Å²) in [7, 11) is 4.07. The second-order valence-electron chi connectivity index (χ2n) is 7.18. The van der Waals surface area contributed by atoms with Crippen LogP contribution in [0.3, 0.4) is 0 Å². The minimum atomic E-state index is -0.257. The normalized spacial score (nSPS) is 20.1. The fraction of sp³-hybridized carbons (Fsp3) is 0.632. The van der Waals surface area contributed by atoms with Gasteiger partial charge in [0.25, 0.3) is 0 Å². The highest BCUT2D eigenvalue weighted by molar-refractivity contribution is 5.91. The molecule has 23 heavy (non-hydrogen) atoms. The van der Waals surface area contributed by atoms with E-state index in [-0.39, 0.29) is 11.3 Å². The topological polar surface area (TPSA) is 35.6 Å². The summed E-state index contributed by atoms with van der Waals surface area (Å²) < 4.78 is 0. The fourth-order valence-electron chi connectivity index (χ4n) is 3.53. The van der Waals surface area contributed by atoms with E-state index in [1.54, 1.807) is 0 Å². The third-order valence-electron chi connectivity index (χ3n) is 5.28. The van der Waals surface area contributed by atoms with E-state index in [4.69, 9.17) is 0 Å². The van der Waals surface area contributed by atoms with E-state index in [1.807, 2.05) is 14.1 Å². The summed E-state index contributed by atoms with van der Waals surface area (Å²) in [6.07, 6.45) is 5.91. The van der Waals surface area contributed by atoms with Gasteiger partial charge >= 0.3 is 0 Å². The zero-order chi connectivity index (χ0) is 16.3. The number of amides is 1. The third-order valence-corrected chi connectivity index (χ3v) is 5.28. The maximum atomic E-state index is 12.6. The van der Waals surface area contributed by atoms with Crippen molar-refractivity contribution in [3.05, 3.63) is 29.8 Å². The molecule has 1 heterocycles. The fourth-order valence-corrected chi connectivity index (χ4v) is 3.53. The minimum Gasteiger partial charge on any atom is -0.378 e. The van der Waals surface area contributed by atoms with Crippen LogP contribution in [-0.2, 0) is 10.2 Å². The van der Waals surface area contributed by atoms with Crippen LogP contribution in [0, 0.1) is 0 Å². The van der Waals surface area contributed by atoms with Crippen molar-refractivity contribution in [3.63, 3.8) is 0 Å². The van der Waals surface area contributed by atoms with Gasteiger partial charge in [0.15, 0.2) is 0 Å². The maximum absolute atomic E-state index is 12.6. The third kappa shape index (κ3) is 3.69. The monoisotopic (exact) mass is 315 g/mol. The van der Waals surface area contributed by atoms with E-state index in [0.717, 1.165) is 25.9 Å². The Morgan fingerprint density at radius 2 is 1.78 bits per heavy atom. The number of hydrogen-bond acceptors (Lipinski definition) is 3. The van der Waals surface area contributed by atoms with E-state index in [2.05, 4.69) is 39.4 Å². The molecule has 0 bridgehead atoms. The Labute approximate surface area is 139 Å². The zero-order valence-corrected chi connectivity index (χ0v) is 14.5. The first-order valence-corrected chi connectivity index (χ1v) is 8.90. The maximum Gasteiger partial charge on any atom is 0.230 e. The first-order valence-electron chi connectivity index (χ1n) is 8.90. The average molecular weight is 315 g/mol. The lowest BCUT2D eigenvalue weighted by Gasteiger charge is -2.26. The molecule has 1 amide bonds. The smallest absolute Gasteiger partial charge is 0.230 e. The number of rotatable bonds is 6. The Bertz CT molecular complexity index is 528. The van der Waals surface area contributed by atoms with Crippen molar-refractivity contribution in [2.24, 2.45) is 0 Å². The molecule has 1 aromatic carbocycles. The molecule has 1 aliphatic carbocycles. The number of carbonyl (C=O) groups excluding carboxylic acids is 1. The lowest BCUT2D eigenvalue weighted by Crippen LogP contribution is -2.41. The van der Waals surface area contributed by atoms with Crippen molar-refractivity contribution < 1.29 is 4.79 Å². The van der Waals surface area contributed by atoms with Gasteiger partial charge in [-0.2, -0.15) is 0 Å². The number of nitrogens with one attached hydrogen (secondary N) is 1. The lowest BCUT2D eigenvalue weighted by molar-refractivity contribution is -0.123. The molecule has 0 aromatic heterocycles. The second-order valence-corrected chi connectivity index (χ2v) is 7.18. The average Bonchev–Trinajstić information content (AvgIpc) is 3.38. The summed E-state index contributed by atoms with van der Waals surface area (Å²) >= 11 is 0. The van der Waals surface area contributed by atoms with Gasteiger partial charge in [0.1, 0.15) is 0 Å². The van der Waals surface area contributed by atoms with Crippen LogP contribution in [0.5, 0.6) is 0 Å². The van der Waals surface area contributed by atoms with Crippen molar-refractivity contribution in [2.45, 2.75) is 37.5 Å². The predicted octanol–water partition coefficient (Wildman–Crippen LogP) is 2.39. The van der Waals surface area contributed by atoms with Crippen LogP contribution in [0.2, 0.25) is 0 Å². The summed E-state index contributed by atoms with van der Waals surface area (Å²) in [5, 5.41) is 3.18. The molecule has 2 fully saturated rings. The number of piperidine rings is 1. The molecule has 0 atom stereocenters. The van der Waals surface area contributed by atoms with E-state index in [1.165, 1.54) is 43.6 Å². The Hall–Kier alpha value is -1.55. The first kappa shape index (κ1) is 16.3. The number of carbonyl (C=O) groups is 1. The van der Waals surface area contributed by atoms with Gasteiger partial charge in [0.05, 0.1) is 5.41 Å². The summed E-state index contributed by atoms with van der Waals surface area (Å²) in [5.74, 6) is 0.215. The quantitative estimate of drug-likeness (QED) is 0.875. The van der Waals surface area contributed by atoms with Gasteiger partial charge in [-0.25, -0.2) is 0 Å². The number of anilines is 1. The molecular formula is C19H29N3O. The van der Waals surface area contributed by atoms with Crippen LogP contribution in [0.1, 0.15) is 37.7 Å². The molecule has 1 N–H and O–H groups in total. The van der Waals surface area contributed by atoms with E-state index < -0.39 is 0 Å². The van der Waals surface area contributed by atoms with Crippen LogP contribution in [-0.4, -0.2) is 51.1 Å². The molecule has 0 spiro atoms. The Kier molecular flexibility index (Phi) is 4.90. The molecule has 1 aliphatic heterocycles. The zero-order valence-electron chi connectivity index (χ0n) is 14.5. The van der Waals surface area contributed by atoms with Gasteiger partial charge < -0.3 is 15.1 Å². The molecule has 2 aliphatic rings. The minimum absolute atomic E-state index is 0.215. The molecule has 0 radical (unpaired) electrons. The van der Waals surface area contributed by atoms with Crippen LogP contribution in [0.4, 0.5) is 5.69 Å². The van der Waals surface area contributed by atoms with Crippen molar-refractivity contribution in [1.82, 2.24) is 10.2 Å². The van der Waals surface area contributed by atoms with Crippen LogP contribution in [0.25, 0.3) is 0 Å². The number of nitrogens with zero attached hydrogens (tertiary/aromatic N) is 2. The highest BCUT2D eigenvalue weighted by atomic mass is 16.2. The van der Waals surface area contributed by atoms with E-state index in [9.17, 15) is 4.79 Å². The lowest BCUT2D eigenvalue weighted by atomic mass is 9.94. The first-order chi connectivity index (χ1) is 11.1. The van der Waals surface area contributed by atoms with Crippen molar-refractivity contribution in [3.8, 4) is 0 Å². The molecular weight excluding hydrogens is 286 g/mol. The predicted molar refractivity (Wildman–Crippen MR) is 95.0 cm³/mol. The van der Waals surface area contributed by atoms with Crippen molar-refractivity contribution in [1.29, 1.82) is 0 Å². The van der Waals surface area contributed by atoms with Gasteiger partial charge in [-0.05, 0) is 56.5 Å². The van der Waals surface area contributed by atoms with Gasteiger partial charge in [-0.15, -0.1) is 0 Å². The summed E-state index contributed by atoms with van der Waals surface area (Å²) in [4.78, 5) is 17.2. The standard InChI is InChI=1S/C19H29N3O/c1-21(2)17-8-6-16(7-9-17)19(10-11-19)18(23)20-12-15-22-13-4-3-5-14-22/h6-9H,3-5,10-15H2,1-2H3,(H,20,23). The summed E-state index contributed by atoms with van der Waals surface area (Å²) in [5.41, 5.74) is 2.08. The van der Waals surface area contributed by atoms with Crippen LogP contribution < -0.4 is 10.2 Å². The molecule has 0 unspecified atom stereocenters. The Morgan fingerprint density at radius 3 is 2.35 bits per heavy atom. The van der Waals surface area contributed by atoms with Crippen LogP contribution in [0.15, 0.2) is 24.3 Å². The molecule has 3 rings (SSSR count). The highest BCUT2D eigenvalue weighted by Crippen LogP contribution is 2.48.